The summed E-state index contributed by atoms with van der Waals surface area (Å²) in [6.07, 6.45) is -0.797. The number of nitrogens with one attached hydrogen (secondary N) is 1. The van der Waals surface area contributed by atoms with Crippen molar-refractivity contribution < 1.29 is 18.0 Å². The number of piperazine rings is 1. The summed E-state index contributed by atoms with van der Waals surface area (Å²) in [5, 5.41) is 3.25. The average Bonchev–Trinajstić information content (AvgIpc) is 3.00. The fourth-order valence-electron chi connectivity index (χ4n) is 3.02. The van der Waals surface area contributed by atoms with Crippen LogP contribution in [0.4, 0.5) is 13.2 Å². The summed E-state index contributed by atoms with van der Waals surface area (Å²) in [6.45, 7) is 1.82. The van der Waals surface area contributed by atoms with Crippen molar-refractivity contribution in [3.05, 3.63) is 53.6 Å². The summed E-state index contributed by atoms with van der Waals surface area (Å²) in [5.41, 5.74) is -0.146. The Morgan fingerprint density at radius 3 is 2.58 bits per heavy atom. The molecule has 5 nitrogen and oxygen atoms in total. The lowest BCUT2D eigenvalue weighted by atomic mass is 10.1. The summed E-state index contributed by atoms with van der Waals surface area (Å²) in [5.74, 6) is 0.669. The van der Waals surface area contributed by atoms with Crippen molar-refractivity contribution in [2.45, 2.75) is 18.6 Å². The predicted molar refractivity (Wildman–Crippen MR) is 92.9 cm³/mol. The maximum absolute atomic E-state index is 12.7. The van der Waals surface area contributed by atoms with Gasteiger partial charge in [-0.15, -0.1) is 12.4 Å². The fraction of sp³-hybridized carbons (Fsp3) is 0.412. The minimum absolute atomic E-state index is 0. The van der Waals surface area contributed by atoms with Crippen LogP contribution in [0, 0.1) is 0 Å². The third kappa shape index (κ3) is 4.37. The monoisotopic (exact) mass is 388 g/mol. The van der Waals surface area contributed by atoms with Crippen LogP contribution in [0.5, 0.6) is 0 Å². The number of nitrogens with zero attached hydrogens (tertiary/aromatic N) is 3. The van der Waals surface area contributed by atoms with E-state index in [4.69, 9.17) is 0 Å². The van der Waals surface area contributed by atoms with E-state index in [2.05, 4.69) is 10.3 Å². The molecule has 0 saturated carbocycles. The molecule has 0 bridgehead atoms. The molecule has 1 aromatic heterocycles. The minimum Gasteiger partial charge on any atom is -0.336 e. The van der Waals surface area contributed by atoms with Crippen LogP contribution in [-0.4, -0.2) is 40.0 Å². The number of imidazole rings is 1. The molecule has 26 heavy (non-hydrogen) atoms. The van der Waals surface area contributed by atoms with Gasteiger partial charge in [-0.25, -0.2) is 4.98 Å². The number of hydrogen-bond acceptors (Lipinski definition) is 3. The van der Waals surface area contributed by atoms with Crippen LogP contribution < -0.4 is 5.32 Å². The number of hydrogen-bond donors (Lipinski definition) is 1. The van der Waals surface area contributed by atoms with Gasteiger partial charge in [-0.05, 0) is 17.7 Å². The average molecular weight is 389 g/mol. The number of benzene rings is 1. The molecule has 142 valence electrons. The number of rotatable bonds is 3. The molecule has 1 aromatic carbocycles. The quantitative estimate of drug-likeness (QED) is 0.879. The van der Waals surface area contributed by atoms with Gasteiger partial charge in [-0.2, -0.15) is 13.2 Å². The number of carbonyl (C=O) groups excluding carboxylic acids is 1. The van der Waals surface area contributed by atoms with E-state index in [9.17, 15) is 18.0 Å². The Morgan fingerprint density at radius 2 is 2.00 bits per heavy atom. The molecule has 2 aromatic rings. The molecule has 9 heteroatoms. The smallest absolute Gasteiger partial charge is 0.336 e. The lowest BCUT2D eigenvalue weighted by molar-refractivity contribution is -0.137. The number of alkyl halides is 3. The van der Waals surface area contributed by atoms with Crippen LogP contribution in [0.3, 0.4) is 0 Å². The first kappa shape index (κ1) is 20.3. The molecule has 1 fully saturated rings. The SMILES string of the molecule is Cl.Cn1ccnc1C1CNCCN1C(=O)Cc1ccc(C(F)(F)F)cc1. The van der Waals surface area contributed by atoms with Crippen LogP contribution in [0.15, 0.2) is 36.7 Å². The predicted octanol–water partition coefficient (Wildman–Crippen LogP) is 2.58. The van der Waals surface area contributed by atoms with Gasteiger partial charge in [0, 0.05) is 39.1 Å². The van der Waals surface area contributed by atoms with Crippen LogP contribution in [0.2, 0.25) is 0 Å². The van der Waals surface area contributed by atoms with E-state index in [0.717, 1.165) is 18.0 Å². The maximum Gasteiger partial charge on any atom is 0.416 e. The molecule has 0 radical (unpaired) electrons. The minimum atomic E-state index is -4.37. The summed E-state index contributed by atoms with van der Waals surface area (Å²) in [4.78, 5) is 18.8. The molecule has 3 rings (SSSR count). The number of amides is 1. The standard InChI is InChI=1S/C17H19F3N4O.ClH/c1-23-8-7-22-16(23)14-11-21-6-9-24(14)15(25)10-12-2-4-13(5-3-12)17(18,19)20;/h2-5,7-8,14,21H,6,9-11H2,1H3;1H. The molecule has 1 aliphatic rings. The zero-order valence-corrected chi connectivity index (χ0v) is 15.0. The summed E-state index contributed by atoms with van der Waals surface area (Å²) in [6, 6.07) is 4.56. The van der Waals surface area contributed by atoms with Crippen LogP contribution >= 0.6 is 12.4 Å². The molecule has 0 spiro atoms. The van der Waals surface area contributed by atoms with Gasteiger partial charge in [0.25, 0.3) is 0 Å². The molecule has 1 N–H and O–H groups in total. The van der Waals surface area contributed by atoms with E-state index in [1.807, 2.05) is 17.8 Å². The molecular weight excluding hydrogens is 369 g/mol. The Balaban J connectivity index is 0.00000243. The third-order valence-corrected chi connectivity index (χ3v) is 4.36. The van der Waals surface area contributed by atoms with Crippen molar-refractivity contribution in [2.24, 2.45) is 7.05 Å². The van der Waals surface area contributed by atoms with Gasteiger partial charge in [0.15, 0.2) is 0 Å². The van der Waals surface area contributed by atoms with Gasteiger partial charge >= 0.3 is 6.18 Å². The van der Waals surface area contributed by atoms with Crippen molar-refractivity contribution in [3.8, 4) is 0 Å². The topological polar surface area (TPSA) is 50.2 Å². The molecular formula is C17H20ClF3N4O. The van der Waals surface area contributed by atoms with E-state index in [0.29, 0.717) is 25.2 Å². The number of aromatic nitrogens is 2. The lowest BCUT2D eigenvalue weighted by Gasteiger charge is -2.35. The zero-order valence-electron chi connectivity index (χ0n) is 14.2. The highest BCUT2D eigenvalue weighted by atomic mass is 35.5. The Kier molecular flexibility index (Phi) is 6.30. The van der Waals surface area contributed by atoms with E-state index in [-0.39, 0.29) is 30.8 Å². The number of halogens is 4. The zero-order chi connectivity index (χ0) is 18.0. The Hall–Kier alpha value is -2.06. The Bertz CT molecular complexity index is 745. The van der Waals surface area contributed by atoms with Gasteiger partial charge in [-0.1, -0.05) is 12.1 Å². The number of carbonyl (C=O) groups is 1. The molecule has 0 aliphatic carbocycles. The van der Waals surface area contributed by atoms with Gasteiger partial charge in [-0.3, -0.25) is 4.79 Å². The number of aryl methyl sites for hydroxylation is 1. The molecule has 1 unspecified atom stereocenters. The van der Waals surface area contributed by atoms with Crippen molar-refractivity contribution >= 4 is 18.3 Å². The molecule has 2 heterocycles. The van der Waals surface area contributed by atoms with Crippen LogP contribution in [-0.2, 0) is 24.4 Å². The van der Waals surface area contributed by atoms with E-state index < -0.39 is 11.7 Å². The highest BCUT2D eigenvalue weighted by molar-refractivity contribution is 5.85. The van der Waals surface area contributed by atoms with E-state index >= 15 is 0 Å². The van der Waals surface area contributed by atoms with Crippen LogP contribution in [0.25, 0.3) is 0 Å². The van der Waals surface area contributed by atoms with Crippen LogP contribution in [0.1, 0.15) is 23.0 Å². The second-order valence-corrected chi connectivity index (χ2v) is 6.07. The van der Waals surface area contributed by atoms with Crippen molar-refractivity contribution in [2.75, 3.05) is 19.6 Å². The second-order valence-electron chi connectivity index (χ2n) is 6.07. The van der Waals surface area contributed by atoms with E-state index in [1.165, 1.54) is 12.1 Å². The van der Waals surface area contributed by atoms with Gasteiger partial charge in [0.05, 0.1) is 12.0 Å². The van der Waals surface area contributed by atoms with Gasteiger partial charge in [0.1, 0.15) is 11.9 Å². The first-order valence-corrected chi connectivity index (χ1v) is 8.00. The van der Waals surface area contributed by atoms with Crippen molar-refractivity contribution in [1.82, 2.24) is 19.8 Å². The molecule has 1 atom stereocenters. The molecule has 1 aliphatic heterocycles. The Labute approximate surface area is 155 Å². The normalized spacial score (nSPS) is 17.7. The summed E-state index contributed by atoms with van der Waals surface area (Å²) < 4.78 is 39.8. The maximum atomic E-state index is 12.7. The highest BCUT2D eigenvalue weighted by Gasteiger charge is 2.31. The highest BCUT2D eigenvalue weighted by Crippen LogP contribution is 2.29. The lowest BCUT2D eigenvalue weighted by Crippen LogP contribution is -2.49. The first-order chi connectivity index (χ1) is 11.9. The van der Waals surface area contributed by atoms with E-state index in [1.54, 1.807) is 11.1 Å². The van der Waals surface area contributed by atoms with Gasteiger partial charge < -0.3 is 14.8 Å². The second kappa shape index (κ2) is 8.09. The Morgan fingerprint density at radius 1 is 1.31 bits per heavy atom. The largest absolute Gasteiger partial charge is 0.416 e. The fourth-order valence-corrected chi connectivity index (χ4v) is 3.02. The molecule has 1 amide bonds. The summed E-state index contributed by atoms with van der Waals surface area (Å²) >= 11 is 0. The third-order valence-electron chi connectivity index (χ3n) is 4.36. The first-order valence-electron chi connectivity index (χ1n) is 8.00. The van der Waals surface area contributed by atoms with Crippen molar-refractivity contribution in [1.29, 1.82) is 0 Å². The van der Waals surface area contributed by atoms with Gasteiger partial charge in [0.2, 0.25) is 5.91 Å². The molecule has 1 saturated heterocycles. The summed E-state index contributed by atoms with van der Waals surface area (Å²) in [7, 11) is 1.87. The van der Waals surface area contributed by atoms with Crippen molar-refractivity contribution in [3.63, 3.8) is 0 Å².